The molecule has 22 heavy (non-hydrogen) atoms. The number of carbonyl (C=O) groups is 2. The Morgan fingerprint density at radius 1 is 1.27 bits per heavy atom. The van der Waals surface area contributed by atoms with Crippen molar-refractivity contribution in [2.75, 3.05) is 26.3 Å². The van der Waals surface area contributed by atoms with E-state index >= 15 is 0 Å². The number of ether oxygens (including phenoxy) is 3. The molecule has 1 atom stereocenters. The second-order valence-electron chi connectivity index (χ2n) is 6.47. The first-order chi connectivity index (χ1) is 10.3. The van der Waals surface area contributed by atoms with E-state index in [4.69, 9.17) is 14.2 Å². The highest BCUT2D eigenvalue weighted by Gasteiger charge is 2.27. The van der Waals surface area contributed by atoms with Crippen molar-refractivity contribution in [3.63, 3.8) is 0 Å². The summed E-state index contributed by atoms with van der Waals surface area (Å²) in [5, 5.41) is 0. The summed E-state index contributed by atoms with van der Waals surface area (Å²) in [4.78, 5) is 25.0. The second-order valence-corrected chi connectivity index (χ2v) is 6.47. The van der Waals surface area contributed by atoms with Gasteiger partial charge in [-0.15, -0.1) is 0 Å². The number of hydrogen-bond acceptors (Lipinski definition) is 5. The van der Waals surface area contributed by atoms with Gasteiger partial charge in [-0.3, -0.25) is 4.79 Å². The van der Waals surface area contributed by atoms with Gasteiger partial charge in [-0.25, -0.2) is 4.79 Å². The van der Waals surface area contributed by atoms with Crippen molar-refractivity contribution in [1.82, 2.24) is 4.90 Å². The molecule has 0 aliphatic carbocycles. The Kier molecular flexibility index (Phi) is 7.65. The number of carbonyl (C=O) groups excluding carboxylic acids is 2. The summed E-state index contributed by atoms with van der Waals surface area (Å²) in [6, 6.07) is 0. The number of hydrogen-bond donors (Lipinski definition) is 0. The molecule has 1 amide bonds. The highest BCUT2D eigenvalue weighted by molar-refractivity contribution is 5.69. The Hall–Kier alpha value is -1.30. The lowest BCUT2D eigenvalue weighted by Gasteiger charge is -2.34. The van der Waals surface area contributed by atoms with E-state index in [2.05, 4.69) is 0 Å². The molecule has 0 saturated carbocycles. The Bertz CT molecular complexity index is 364. The van der Waals surface area contributed by atoms with Crippen molar-refractivity contribution < 1.29 is 23.8 Å². The van der Waals surface area contributed by atoms with Gasteiger partial charge < -0.3 is 19.1 Å². The summed E-state index contributed by atoms with van der Waals surface area (Å²) in [5.74, 6) is -0.151. The molecule has 1 fully saturated rings. The number of amides is 1. The number of nitrogens with zero attached hydrogens (tertiary/aromatic N) is 1. The number of rotatable bonds is 6. The summed E-state index contributed by atoms with van der Waals surface area (Å²) in [5.41, 5.74) is -0.482. The first kappa shape index (κ1) is 18.7. The van der Waals surface area contributed by atoms with Gasteiger partial charge in [0.1, 0.15) is 5.60 Å². The molecule has 6 heteroatoms. The highest BCUT2D eigenvalue weighted by atomic mass is 16.6. The Labute approximate surface area is 133 Å². The molecule has 0 radical (unpaired) electrons. The van der Waals surface area contributed by atoms with E-state index in [0.717, 1.165) is 19.3 Å². The molecular formula is C16H29NO5. The molecule has 1 aliphatic rings. The third-order valence-corrected chi connectivity index (χ3v) is 3.25. The summed E-state index contributed by atoms with van der Waals surface area (Å²) in [6.45, 7) is 9.45. The Morgan fingerprint density at radius 3 is 2.64 bits per heavy atom. The van der Waals surface area contributed by atoms with Gasteiger partial charge >= 0.3 is 12.1 Å². The summed E-state index contributed by atoms with van der Waals surface area (Å²) < 4.78 is 15.9. The van der Waals surface area contributed by atoms with Crippen LogP contribution in [0.4, 0.5) is 4.79 Å². The van der Waals surface area contributed by atoms with Crippen LogP contribution in [0.1, 0.15) is 53.4 Å². The van der Waals surface area contributed by atoms with Crippen LogP contribution < -0.4 is 0 Å². The van der Waals surface area contributed by atoms with E-state index in [0.29, 0.717) is 32.7 Å². The monoisotopic (exact) mass is 315 g/mol. The van der Waals surface area contributed by atoms with E-state index in [9.17, 15) is 9.59 Å². The summed E-state index contributed by atoms with van der Waals surface area (Å²) >= 11 is 0. The van der Waals surface area contributed by atoms with Gasteiger partial charge in [0.15, 0.2) is 0 Å². The van der Waals surface area contributed by atoms with Crippen LogP contribution in [0.3, 0.4) is 0 Å². The third-order valence-electron chi connectivity index (χ3n) is 3.25. The van der Waals surface area contributed by atoms with Crippen molar-refractivity contribution >= 4 is 12.1 Å². The van der Waals surface area contributed by atoms with Crippen LogP contribution in [0.2, 0.25) is 0 Å². The molecule has 128 valence electrons. The zero-order chi connectivity index (χ0) is 16.6. The minimum atomic E-state index is -0.482. The lowest BCUT2D eigenvalue weighted by atomic mass is 10.1. The fourth-order valence-corrected chi connectivity index (χ4v) is 2.26. The van der Waals surface area contributed by atoms with Gasteiger partial charge in [-0.2, -0.15) is 0 Å². The summed E-state index contributed by atoms with van der Waals surface area (Å²) in [7, 11) is 0. The van der Waals surface area contributed by atoms with Gasteiger partial charge in [-0.1, -0.05) is 6.42 Å². The second kappa shape index (κ2) is 8.98. The van der Waals surface area contributed by atoms with Crippen LogP contribution in [0.15, 0.2) is 0 Å². The fourth-order valence-electron chi connectivity index (χ4n) is 2.26. The quantitative estimate of drug-likeness (QED) is 0.557. The molecule has 1 unspecified atom stereocenters. The smallest absolute Gasteiger partial charge is 0.410 e. The molecule has 0 aromatic heterocycles. The Balaban J connectivity index is 2.26. The first-order valence-electron chi connectivity index (χ1n) is 8.07. The van der Waals surface area contributed by atoms with Gasteiger partial charge in [-0.05, 0) is 40.5 Å². The third kappa shape index (κ3) is 7.64. The lowest BCUT2D eigenvalue weighted by molar-refractivity contribution is -0.143. The van der Waals surface area contributed by atoms with Crippen molar-refractivity contribution in [2.45, 2.75) is 65.1 Å². The van der Waals surface area contributed by atoms with Crippen LogP contribution >= 0.6 is 0 Å². The maximum Gasteiger partial charge on any atom is 0.410 e. The van der Waals surface area contributed by atoms with Gasteiger partial charge in [0, 0.05) is 13.0 Å². The maximum absolute atomic E-state index is 12.0. The van der Waals surface area contributed by atoms with Gasteiger partial charge in [0.05, 0.1) is 25.9 Å². The average molecular weight is 315 g/mol. The van der Waals surface area contributed by atoms with Crippen LogP contribution in [0.25, 0.3) is 0 Å². The van der Waals surface area contributed by atoms with Gasteiger partial charge in [0.25, 0.3) is 0 Å². The first-order valence-corrected chi connectivity index (χ1v) is 8.07. The standard InChI is InChI=1S/C16H29NO5/c1-5-20-14(18)9-7-6-8-13-12-17(10-11-21-13)15(19)22-16(2,3)4/h13H,5-12H2,1-4H3. The molecule has 0 aromatic carbocycles. The zero-order valence-corrected chi connectivity index (χ0v) is 14.2. The van der Waals surface area contributed by atoms with E-state index in [1.165, 1.54) is 0 Å². The average Bonchev–Trinajstić information content (AvgIpc) is 2.42. The molecule has 1 rings (SSSR count). The Morgan fingerprint density at radius 2 is 2.00 bits per heavy atom. The van der Waals surface area contributed by atoms with Crippen LogP contribution in [-0.2, 0) is 19.0 Å². The fraction of sp³-hybridized carbons (Fsp3) is 0.875. The van der Waals surface area contributed by atoms with Crippen molar-refractivity contribution in [3.8, 4) is 0 Å². The van der Waals surface area contributed by atoms with E-state index in [1.807, 2.05) is 20.8 Å². The van der Waals surface area contributed by atoms with E-state index in [-0.39, 0.29) is 18.2 Å². The molecule has 1 saturated heterocycles. The molecular weight excluding hydrogens is 286 g/mol. The maximum atomic E-state index is 12.0. The predicted octanol–water partition coefficient (Wildman–Crippen LogP) is 2.75. The molecule has 1 aliphatic heterocycles. The number of unbranched alkanes of at least 4 members (excludes halogenated alkanes) is 1. The molecule has 0 spiro atoms. The normalized spacial score (nSPS) is 18.9. The highest BCUT2D eigenvalue weighted by Crippen LogP contribution is 2.16. The van der Waals surface area contributed by atoms with Crippen molar-refractivity contribution in [1.29, 1.82) is 0 Å². The molecule has 1 heterocycles. The van der Waals surface area contributed by atoms with E-state index in [1.54, 1.807) is 11.8 Å². The largest absolute Gasteiger partial charge is 0.466 e. The van der Waals surface area contributed by atoms with Crippen molar-refractivity contribution in [3.05, 3.63) is 0 Å². The zero-order valence-electron chi connectivity index (χ0n) is 14.2. The number of morpholine rings is 1. The SMILES string of the molecule is CCOC(=O)CCCCC1CN(C(=O)OC(C)(C)C)CCO1. The topological polar surface area (TPSA) is 65.1 Å². The number of esters is 1. The van der Waals surface area contributed by atoms with Gasteiger partial charge in [0.2, 0.25) is 0 Å². The molecule has 0 aromatic rings. The predicted molar refractivity (Wildman–Crippen MR) is 82.6 cm³/mol. The van der Waals surface area contributed by atoms with Crippen LogP contribution in [-0.4, -0.2) is 55.0 Å². The van der Waals surface area contributed by atoms with E-state index < -0.39 is 5.60 Å². The lowest BCUT2D eigenvalue weighted by Crippen LogP contribution is -2.47. The minimum Gasteiger partial charge on any atom is -0.466 e. The molecule has 0 bridgehead atoms. The van der Waals surface area contributed by atoms with Crippen molar-refractivity contribution in [2.24, 2.45) is 0 Å². The molecule has 0 N–H and O–H groups in total. The van der Waals surface area contributed by atoms with Crippen LogP contribution in [0, 0.1) is 0 Å². The summed E-state index contributed by atoms with van der Waals surface area (Å²) in [6.07, 6.45) is 2.67. The molecule has 6 nitrogen and oxygen atoms in total. The minimum absolute atomic E-state index is 0.0171. The van der Waals surface area contributed by atoms with Crippen LogP contribution in [0.5, 0.6) is 0 Å².